The SMILES string of the molecule is O=C(Cn1cccn1)NNC(=O)C1CCC2CN1C(=O)N2OS(=O)(=O)O. The number of hydroxylamine groups is 2. The molecule has 4 amide bonds. The van der Waals surface area contributed by atoms with Crippen molar-refractivity contribution in [3.63, 3.8) is 0 Å². The topological polar surface area (TPSA) is 163 Å². The van der Waals surface area contributed by atoms with Crippen molar-refractivity contribution in [2.75, 3.05) is 6.54 Å². The number of nitrogens with zero attached hydrogens (tertiary/aromatic N) is 4. The van der Waals surface area contributed by atoms with E-state index in [0.29, 0.717) is 5.06 Å². The van der Waals surface area contributed by atoms with Crippen LogP contribution in [0.2, 0.25) is 0 Å². The lowest BCUT2D eigenvalue weighted by molar-refractivity contribution is -0.132. The molecule has 13 nitrogen and oxygen atoms in total. The summed E-state index contributed by atoms with van der Waals surface area (Å²) in [7, 11) is -4.85. The van der Waals surface area contributed by atoms with Crippen molar-refractivity contribution < 1.29 is 31.6 Å². The summed E-state index contributed by atoms with van der Waals surface area (Å²) in [5, 5.41) is 4.39. The Labute approximate surface area is 147 Å². The summed E-state index contributed by atoms with van der Waals surface area (Å²) in [4.78, 5) is 37.3. The van der Waals surface area contributed by atoms with Gasteiger partial charge in [-0.25, -0.2) is 4.79 Å². The molecule has 0 spiro atoms. The summed E-state index contributed by atoms with van der Waals surface area (Å²) in [6.45, 7) is -0.0354. The first-order chi connectivity index (χ1) is 12.2. The zero-order valence-electron chi connectivity index (χ0n) is 13.3. The minimum Gasteiger partial charge on any atom is -0.309 e. The molecular formula is C12H16N6O7S. The molecule has 3 N–H and O–H groups in total. The highest BCUT2D eigenvalue weighted by atomic mass is 32.3. The van der Waals surface area contributed by atoms with Crippen LogP contribution in [0.15, 0.2) is 18.5 Å². The van der Waals surface area contributed by atoms with Crippen LogP contribution in [0.25, 0.3) is 0 Å². The second-order valence-electron chi connectivity index (χ2n) is 5.75. The lowest BCUT2D eigenvalue weighted by atomic mass is 10.0. The van der Waals surface area contributed by atoms with Crippen LogP contribution in [0.3, 0.4) is 0 Å². The van der Waals surface area contributed by atoms with Gasteiger partial charge in [-0.15, -0.1) is 4.28 Å². The van der Waals surface area contributed by atoms with E-state index in [2.05, 4.69) is 20.2 Å². The first kappa shape index (κ1) is 18.1. The third-order valence-corrected chi connectivity index (χ3v) is 4.34. The smallest absolute Gasteiger partial charge is 0.309 e. The number of urea groups is 1. The molecule has 2 bridgehead atoms. The van der Waals surface area contributed by atoms with E-state index in [1.807, 2.05) is 0 Å². The second-order valence-corrected chi connectivity index (χ2v) is 6.76. The third kappa shape index (κ3) is 3.92. The molecular weight excluding hydrogens is 372 g/mol. The Morgan fingerprint density at radius 2 is 2.12 bits per heavy atom. The highest BCUT2D eigenvalue weighted by Crippen LogP contribution is 2.30. The number of hydrogen-bond acceptors (Lipinski definition) is 7. The summed E-state index contributed by atoms with van der Waals surface area (Å²) >= 11 is 0. The third-order valence-electron chi connectivity index (χ3n) is 3.99. The molecule has 2 aliphatic heterocycles. The lowest BCUT2D eigenvalue weighted by Crippen LogP contribution is -2.54. The van der Waals surface area contributed by atoms with Gasteiger partial charge >= 0.3 is 16.4 Å². The molecule has 0 aromatic carbocycles. The molecule has 2 aliphatic rings. The maximum atomic E-state index is 12.3. The van der Waals surface area contributed by atoms with E-state index in [-0.39, 0.29) is 25.9 Å². The molecule has 0 radical (unpaired) electrons. The minimum absolute atomic E-state index is 0.0632. The maximum Gasteiger partial charge on any atom is 0.418 e. The van der Waals surface area contributed by atoms with Gasteiger partial charge in [0.05, 0.1) is 6.04 Å². The normalized spacial score (nSPS) is 22.4. The molecule has 0 saturated carbocycles. The van der Waals surface area contributed by atoms with Crippen molar-refractivity contribution in [1.29, 1.82) is 0 Å². The molecule has 0 aliphatic carbocycles. The Morgan fingerprint density at radius 1 is 1.35 bits per heavy atom. The molecule has 26 heavy (non-hydrogen) atoms. The van der Waals surface area contributed by atoms with Crippen LogP contribution in [0.4, 0.5) is 4.79 Å². The summed E-state index contributed by atoms with van der Waals surface area (Å²) in [6.07, 6.45) is 3.61. The van der Waals surface area contributed by atoms with Gasteiger partial charge in [-0.05, 0) is 18.9 Å². The van der Waals surface area contributed by atoms with Gasteiger partial charge in [0.25, 0.3) is 11.8 Å². The van der Waals surface area contributed by atoms with Gasteiger partial charge in [-0.1, -0.05) is 0 Å². The van der Waals surface area contributed by atoms with E-state index in [9.17, 15) is 22.8 Å². The highest BCUT2D eigenvalue weighted by Gasteiger charge is 2.49. The summed E-state index contributed by atoms with van der Waals surface area (Å²) < 4.78 is 36.0. The van der Waals surface area contributed by atoms with Gasteiger partial charge in [0.2, 0.25) is 0 Å². The van der Waals surface area contributed by atoms with E-state index in [1.54, 1.807) is 12.3 Å². The minimum atomic E-state index is -4.85. The van der Waals surface area contributed by atoms with Crippen LogP contribution in [0.1, 0.15) is 12.8 Å². The average Bonchev–Trinajstić information content (AvgIpc) is 3.15. The first-order valence-electron chi connectivity index (χ1n) is 7.57. The Hall–Kier alpha value is -2.71. The summed E-state index contributed by atoms with van der Waals surface area (Å²) in [6, 6.07) is -0.710. The summed E-state index contributed by atoms with van der Waals surface area (Å²) in [5.41, 5.74) is 4.45. The number of aromatic nitrogens is 2. The van der Waals surface area contributed by atoms with Crippen LogP contribution >= 0.6 is 0 Å². The number of carbonyl (C=O) groups is 3. The predicted molar refractivity (Wildman–Crippen MR) is 81.9 cm³/mol. The van der Waals surface area contributed by atoms with Crippen molar-refractivity contribution in [3.05, 3.63) is 18.5 Å². The van der Waals surface area contributed by atoms with Gasteiger partial charge in [-0.2, -0.15) is 18.6 Å². The van der Waals surface area contributed by atoms with Crippen LogP contribution in [-0.4, -0.2) is 69.2 Å². The predicted octanol–water partition coefficient (Wildman–Crippen LogP) is -1.97. The second kappa shape index (κ2) is 6.89. The number of fused-ring (bicyclic) bond motifs is 2. The van der Waals surface area contributed by atoms with Crippen LogP contribution in [0.5, 0.6) is 0 Å². The number of piperidine rings is 1. The lowest BCUT2D eigenvalue weighted by Gasteiger charge is -2.29. The Kier molecular flexibility index (Phi) is 4.80. The molecule has 1 aromatic heterocycles. The Morgan fingerprint density at radius 3 is 2.77 bits per heavy atom. The zero-order chi connectivity index (χ0) is 18.9. The van der Waals surface area contributed by atoms with Crippen molar-refractivity contribution in [2.45, 2.75) is 31.5 Å². The molecule has 3 heterocycles. The number of hydrazine groups is 1. The van der Waals surface area contributed by atoms with Crippen molar-refractivity contribution in [2.24, 2.45) is 0 Å². The van der Waals surface area contributed by atoms with E-state index in [4.69, 9.17) is 4.55 Å². The van der Waals surface area contributed by atoms with Crippen LogP contribution < -0.4 is 10.9 Å². The van der Waals surface area contributed by atoms with E-state index in [1.165, 1.54) is 10.9 Å². The molecule has 2 unspecified atom stereocenters. The van der Waals surface area contributed by atoms with Crippen LogP contribution in [-0.2, 0) is 30.8 Å². The quantitative estimate of drug-likeness (QED) is 0.386. The first-order valence-corrected chi connectivity index (χ1v) is 8.94. The molecule has 2 fully saturated rings. The van der Waals surface area contributed by atoms with Gasteiger partial charge in [0.1, 0.15) is 12.6 Å². The molecule has 2 saturated heterocycles. The van der Waals surface area contributed by atoms with Gasteiger partial charge in [0.15, 0.2) is 0 Å². The molecule has 1 aromatic rings. The molecule has 3 rings (SSSR count). The molecule has 142 valence electrons. The Balaban J connectivity index is 1.56. The van der Waals surface area contributed by atoms with Crippen molar-refractivity contribution in [3.8, 4) is 0 Å². The largest absolute Gasteiger partial charge is 0.418 e. The van der Waals surface area contributed by atoms with Gasteiger partial charge < -0.3 is 4.90 Å². The van der Waals surface area contributed by atoms with E-state index in [0.717, 1.165) is 4.90 Å². The zero-order valence-corrected chi connectivity index (χ0v) is 14.1. The summed E-state index contributed by atoms with van der Waals surface area (Å²) in [5.74, 6) is -1.14. The average molecular weight is 388 g/mol. The number of amides is 4. The maximum absolute atomic E-state index is 12.3. The van der Waals surface area contributed by atoms with Gasteiger partial charge in [0, 0.05) is 18.9 Å². The number of rotatable bonds is 5. The fourth-order valence-electron chi connectivity index (χ4n) is 2.90. The number of carbonyl (C=O) groups excluding carboxylic acids is 3. The molecule has 2 atom stereocenters. The Bertz CT molecular complexity index is 810. The van der Waals surface area contributed by atoms with Gasteiger partial charge in [-0.3, -0.25) is 29.7 Å². The fourth-order valence-corrected chi connectivity index (χ4v) is 3.29. The van der Waals surface area contributed by atoms with E-state index >= 15 is 0 Å². The standard InChI is InChI=1S/C12H16N6O7S/c19-10(7-16-5-1-4-13-16)14-15-11(20)9-3-2-8-6-17(9)12(21)18(8)25-26(22,23)24/h1,4-5,8-9H,2-3,6-7H2,(H,14,19)(H,15,20)(H,22,23,24). The van der Waals surface area contributed by atoms with E-state index < -0.39 is 40.3 Å². The fraction of sp³-hybridized carbons (Fsp3) is 0.500. The van der Waals surface area contributed by atoms with Crippen molar-refractivity contribution in [1.82, 2.24) is 30.6 Å². The number of nitrogens with one attached hydrogen (secondary N) is 2. The van der Waals surface area contributed by atoms with Crippen LogP contribution in [0, 0.1) is 0 Å². The number of hydrogen-bond donors (Lipinski definition) is 3. The molecule has 14 heteroatoms. The van der Waals surface area contributed by atoms with Crippen molar-refractivity contribution >= 4 is 28.2 Å². The monoisotopic (exact) mass is 388 g/mol. The highest BCUT2D eigenvalue weighted by molar-refractivity contribution is 7.80.